The van der Waals surface area contributed by atoms with E-state index in [0.29, 0.717) is 6.42 Å². The van der Waals surface area contributed by atoms with E-state index >= 15 is 0 Å². The van der Waals surface area contributed by atoms with E-state index in [2.05, 4.69) is 5.32 Å². The summed E-state index contributed by atoms with van der Waals surface area (Å²) in [5.41, 5.74) is 2.86. The number of benzene rings is 1. The van der Waals surface area contributed by atoms with Crippen molar-refractivity contribution in [3.63, 3.8) is 0 Å². The van der Waals surface area contributed by atoms with Crippen molar-refractivity contribution >= 4 is 0 Å². The molecule has 1 heterocycles. The third kappa shape index (κ3) is 3.08. The molecule has 0 spiro atoms. The minimum Gasteiger partial charge on any atom is -0.496 e. The van der Waals surface area contributed by atoms with E-state index < -0.39 is 12.2 Å². The molecule has 2 atom stereocenters. The summed E-state index contributed by atoms with van der Waals surface area (Å²) in [7, 11) is 1.60. The molecular weight excluding hydrogens is 267 g/mol. The van der Waals surface area contributed by atoms with Gasteiger partial charge in [-0.25, -0.2) is 0 Å². The van der Waals surface area contributed by atoms with E-state index in [1.807, 2.05) is 26.0 Å². The van der Waals surface area contributed by atoms with Gasteiger partial charge in [-0.15, -0.1) is 0 Å². The van der Waals surface area contributed by atoms with Crippen LogP contribution in [-0.4, -0.2) is 19.3 Å². The molecule has 1 aromatic carbocycles. The van der Waals surface area contributed by atoms with Crippen molar-refractivity contribution in [1.82, 2.24) is 5.32 Å². The number of methoxy groups -OCH3 is 1. The summed E-state index contributed by atoms with van der Waals surface area (Å²) < 4.78 is 43.8. The van der Waals surface area contributed by atoms with Crippen LogP contribution in [0.3, 0.4) is 0 Å². The van der Waals surface area contributed by atoms with Crippen molar-refractivity contribution in [3.8, 4) is 5.75 Å². The van der Waals surface area contributed by atoms with Gasteiger partial charge >= 0.3 is 6.18 Å². The summed E-state index contributed by atoms with van der Waals surface area (Å²) in [4.78, 5) is 0. The summed E-state index contributed by atoms with van der Waals surface area (Å²) in [5.74, 6) is 0.773. The van der Waals surface area contributed by atoms with Gasteiger partial charge in [-0.2, -0.15) is 13.2 Å². The van der Waals surface area contributed by atoms with Gasteiger partial charge in [0.15, 0.2) is 0 Å². The smallest absolute Gasteiger partial charge is 0.403 e. The number of nitrogens with one attached hydrogen (secondary N) is 1. The first-order valence-electron chi connectivity index (χ1n) is 6.81. The fraction of sp³-hybridized carbons (Fsp3) is 0.600. The van der Waals surface area contributed by atoms with Crippen molar-refractivity contribution in [1.29, 1.82) is 0 Å². The van der Waals surface area contributed by atoms with Crippen molar-refractivity contribution in [2.45, 2.75) is 51.4 Å². The molecular formula is C15H20F3NO. The van der Waals surface area contributed by atoms with Crippen LogP contribution in [0.15, 0.2) is 12.1 Å². The van der Waals surface area contributed by atoms with Crippen LogP contribution in [0.25, 0.3) is 0 Å². The van der Waals surface area contributed by atoms with Crippen molar-refractivity contribution in [2.24, 2.45) is 0 Å². The lowest BCUT2D eigenvalue weighted by atomic mass is 9.90. The van der Waals surface area contributed by atoms with Crippen LogP contribution in [0.4, 0.5) is 13.2 Å². The lowest BCUT2D eigenvalue weighted by molar-refractivity contribution is -0.163. The fourth-order valence-corrected chi connectivity index (χ4v) is 2.85. The van der Waals surface area contributed by atoms with Crippen LogP contribution in [0.2, 0.25) is 0 Å². The topological polar surface area (TPSA) is 21.3 Å². The van der Waals surface area contributed by atoms with E-state index in [1.54, 1.807) is 7.11 Å². The van der Waals surface area contributed by atoms with Gasteiger partial charge in [0.05, 0.1) is 7.11 Å². The van der Waals surface area contributed by atoms with E-state index in [9.17, 15) is 13.2 Å². The summed E-state index contributed by atoms with van der Waals surface area (Å²) >= 11 is 0. The fourth-order valence-electron chi connectivity index (χ4n) is 2.85. The first-order valence-corrected chi connectivity index (χ1v) is 6.81. The predicted molar refractivity (Wildman–Crippen MR) is 72.0 cm³/mol. The zero-order chi connectivity index (χ0) is 14.9. The number of hydrogen-bond acceptors (Lipinski definition) is 2. The summed E-state index contributed by atoms with van der Waals surface area (Å²) in [6.45, 7) is 3.82. The quantitative estimate of drug-likeness (QED) is 0.885. The molecule has 0 aromatic heterocycles. The van der Waals surface area contributed by atoms with Gasteiger partial charge in [0.2, 0.25) is 0 Å². The molecule has 0 bridgehead atoms. The van der Waals surface area contributed by atoms with E-state index in [4.69, 9.17) is 4.74 Å². The predicted octanol–water partition coefficient (Wildman–Crippen LogP) is 4.06. The van der Waals surface area contributed by atoms with Crippen LogP contribution >= 0.6 is 0 Å². The van der Waals surface area contributed by atoms with Crippen molar-refractivity contribution < 1.29 is 17.9 Å². The van der Waals surface area contributed by atoms with Crippen LogP contribution in [0.5, 0.6) is 5.75 Å². The zero-order valence-electron chi connectivity index (χ0n) is 12.0. The Bertz CT molecular complexity index is 485. The highest BCUT2D eigenvalue weighted by molar-refractivity contribution is 5.43. The maximum Gasteiger partial charge on any atom is 0.403 e. The third-order valence-corrected chi connectivity index (χ3v) is 3.94. The van der Waals surface area contributed by atoms with Gasteiger partial charge in [0.25, 0.3) is 0 Å². The Kier molecular flexibility index (Phi) is 4.28. The molecule has 0 saturated carbocycles. The van der Waals surface area contributed by atoms with Crippen LogP contribution in [-0.2, 0) is 0 Å². The van der Waals surface area contributed by atoms with Gasteiger partial charge < -0.3 is 4.74 Å². The molecule has 2 nitrogen and oxygen atoms in total. The molecule has 1 N–H and O–H groups in total. The SMILES string of the molecule is COc1cc(C)c(C2CCCC(C(F)(F)F)N2)cc1C. The number of ether oxygens (including phenoxy) is 1. The Balaban J connectivity index is 2.25. The molecule has 1 aliphatic heterocycles. The molecule has 20 heavy (non-hydrogen) atoms. The second kappa shape index (κ2) is 5.64. The highest BCUT2D eigenvalue weighted by Gasteiger charge is 2.42. The van der Waals surface area contributed by atoms with E-state index in [0.717, 1.165) is 28.9 Å². The van der Waals surface area contributed by atoms with Gasteiger partial charge in [-0.3, -0.25) is 5.32 Å². The lowest BCUT2D eigenvalue weighted by Crippen LogP contribution is -2.46. The molecule has 112 valence electrons. The van der Waals surface area contributed by atoms with Crippen LogP contribution in [0, 0.1) is 13.8 Å². The average molecular weight is 287 g/mol. The average Bonchev–Trinajstić information content (AvgIpc) is 2.40. The van der Waals surface area contributed by atoms with Crippen molar-refractivity contribution in [2.75, 3.05) is 7.11 Å². The van der Waals surface area contributed by atoms with Crippen LogP contribution in [0.1, 0.15) is 42.0 Å². The summed E-state index contributed by atoms with van der Waals surface area (Å²) in [6.07, 6.45) is -2.69. The molecule has 1 aliphatic rings. The summed E-state index contributed by atoms with van der Waals surface area (Å²) in [5, 5.41) is 2.75. The van der Waals surface area contributed by atoms with E-state index in [1.165, 1.54) is 0 Å². The molecule has 1 fully saturated rings. The minimum absolute atomic E-state index is 0.161. The van der Waals surface area contributed by atoms with E-state index in [-0.39, 0.29) is 12.5 Å². The Hall–Kier alpha value is -1.23. The lowest BCUT2D eigenvalue weighted by Gasteiger charge is -2.33. The first-order chi connectivity index (χ1) is 9.32. The number of halogens is 3. The standard InChI is InChI=1S/C15H20F3NO/c1-9-8-13(20-3)10(2)7-11(9)12-5-4-6-14(19-12)15(16,17)18/h7-8,12,14,19H,4-6H2,1-3H3. The van der Waals surface area contributed by atoms with Gasteiger partial charge in [-0.05, 0) is 55.9 Å². The highest BCUT2D eigenvalue weighted by Crippen LogP contribution is 2.35. The number of aryl methyl sites for hydroxylation is 2. The molecule has 1 saturated heterocycles. The Morgan fingerprint density at radius 2 is 1.85 bits per heavy atom. The van der Waals surface area contributed by atoms with Gasteiger partial charge in [-0.1, -0.05) is 6.07 Å². The molecule has 1 aromatic rings. The summed E-state index contributed by atoms with van der Waals surface area (Å²) in [6, 6.07) is 2.19. The largest absolute Gasteiger partial charge is 0.496 e. The molecule has 2 rings (SSSR count). The molecule has 5 heteroatoms. The van der Waals surface area contributed by atoms with Gasteiger partial charge in [0, 0.05) is 6.04 Å². The monoisotopic (exact) mass is 287 g/mol. The third-order valence-electron chi connectivity index (χ3n) is 3.94. The maximum absolute atomic E-state index is 12.8. The van der Waals surface area contributed by atoms with Crippen molar-refractivity contribution in [3.05, 3.63) is 28.8 Å². The Morgan fingerprint density at radius 3 is 2.45 bits per heavy atom. The molecule has 2 unspecified atom stereocenters. The number of hydrogen-bond donors (Lipinski definition) is 1. The van der Waals surface area contributed by atoms with Gasteiger partial charge in [0.1, 0.15) is 11.8 Å². The van der Waals surface area contributed by atoms with Crippen LogP contribution < -0.4 is 10.1 Å². The maximum atomic E-state index is 12.8. The Labute approximate surface area is 117 Å². The first kappa shape index (κ1) is 15.2. The minimum atomic E-state index is -4.17. The number of alkyl halides is 3. The second-order valence-electron chi connectivity index (χ2n) is 5.42. The number of rotatable bonds is 2. The zero-order valence-corrected chi connectivity index (χ0v) is 12.0. The molecule has 0 amide bonds. The number of piperidine rings is 1. The molecule has 0 radical (unpaired) electrons. The highest BCUT2D eigenvalue weighted by atomic mass is 19.4. The second-order valence-corrected chi connectivity index (χ2v) is 5.42. The normalized spacial score (nSPS) is 23.7. The molecule has 0 aliphatic carbocycles. The Morgan fingerprint density at radius 1 is 1.15 bits per heavy atom.